The van der Waals surface area contributed by atoms with Gasteiger partial charge >= 0.3 is 0 Å². The Morgan fingerprint density at radius 1 is 1.24 bits per heavy atom. The third kappa shape index (κ3) is 1.66. The number of rotatable bonds is 1. The van der Waals surface area contributed by atoms with E-state index >= 15 is 0 Å². The Labute approximate surface area is 105 Å². The van der Waals surface area contributed by atoms with Gasteiger partial charge in [0.15, 0.2) is 5.65 Å². The maximum atomic E-state index is 5.64. The van der Waals surface area contributed by atoms with Crippen LogP contribution in [0.4, 0.5) is 5.69 Å². The zero-order valence-electron chi connectivity index (χ0n) is 8.71. The molecule has 17 heavy (non-hydrogen) atoms. The lowest BCUT2D eigenvalue weighted by Gasteiger charge is -2.00. The van der Waals surface area contributed by atoms with Crippen LogP contribution in [0.5, 0.6) is 0 Å². The number of fused-ring (bicyclic) bond motifs is 1. The summed E-state index contributed by atoms with van der Waals surface area (Å²) >= 11 is 3.49. The Bertz CT molecular complexity index is 691. The number of nitrogens with two attached hydrogens (primary N) is 1. The van der Waals surface area contributed by atoms with Gasteiger partial charge in [-0.3, -0.25) is 0 Å². The summed E-state index contributed by atoms with van der Waals surface area (Å²) in [5.74, 6) is 0. The molecule has 6 heteroatoms. The van der Waals surface area contributed by atoms with Crippen molar-refractivity contribution in [3.05, 3.63) is 41.1 Å². The average molecular weight is 290 g/mol. The van der Waals surface area contributed by atoms with E-state index in [-0.39, 0.29) is 0 Å². The van der Waals surface area contributed by atoms with Crippen LogP contribution in [0.1, 0.15) is 0 Å². The highest BCUT2D eigenvalue weighted by atomic mass is 79.9. The van der Waals surface area contributed by atoms with Gasteiger partial charge in [-0.2, -0.15) is 4.52 Å². The van der Waals surface area contributed by atoms with Crippen LogP contribution in [-0.4, -0.2) is 19.8 Å². The minimum Gasteiger partial charge on any atom is -0.396 e. The molecule has 3 aromatic rings. The van der Waals surface area contributed by atoms with Gasteiger partial charge in [-0.1, -0.05) is 39.3 Å². The molecule has 3 rings (SSSR count). The summed E-state index contributed by atoms with van der Waals surface area (Å²) in [6.07, 6.45) is 3.29. The van der Waals surface area contributed by atoms with Crippen LogP contribution in [0.3, 0.4) is 0 Å². The molecule has 0 aliphatic heterocycles. The van der Waals surface area contributed by atoms with E-state index in [1.807, 2.05) is 24.3 Å². The molecule has 2 N–H and O–H groups in total. The van der Waals surface area contributed by atoms with E-state index in [1.165, 1.54) is 0 Å². The first-order valence-electron chi connectivity index (χ1n) is 4.97. The Kier molecular flexibility index (Phi) is 2.29. The average Bonchev–Trinajstić information content (AvgIpc) is 2.72. The zero-order chi connectivity index (χ0) is 11.8. The Hall–Kier alpha value is -1.95. The minimum absolute atomic E-state index is 0.557. The molecule has 2 aromatic heterocycles. The number of benzene rings is 1. The maximum Gasteiger partial charge on any atom is 0.183 e. The molecule has 0 aliphatic carbocycles. The Morgan fingerprint density at radius 2 is 2.06 bits per heavy atom. The highest BCUT2D eigenvalue weighted by molar-refractivity contribution is 9.10. The molecule has 0 spiro atoms. The summed E-state index contributed by atoms with van der Waals surface area (Å²) in [5.41, 5.74) is 8.58. The number of aromatic nitrogens is 4. The van der Waals surface area contributed by atoms with Gasteiger partial charge in [0.2, 0.25) is 0 Å². The van der Waals surface area contributed by atoms with E-state index in [4.69, 9.17) is 5.73 Å². The predicted molar refractivity (Wildman–Crippen MR) is 68.3 cm³/mol. The Morgan fingerprint density at radius 3 is 2.88 bits per heavy atom. The molecular weight excluding hydrogens is 282 g/mol. The zero-order valence-corrected chi connectivity index (χ0v) is 10.3. The predicted octanol–water partition coefficient (Wildman–Crippen LogP) is 2.14. The number of hydrogen-bond donors (Lipinski definition) is 1. The first-order chi connectivity index (χ1) is 8.25. The van der Waals surface area contributed by atoms with E-state index in [0.717, 1.165) is 15.7 Å². The number of halogens is 1. The molecular formula is C11H8BrN5. The van der Waals surface area contributed by atoms with Crippen molar-refractivity contribution in [3.8, 4) is 11.3 Å². The summed E-state index contributed by atoms with van der Waals surface area (Å²) in [6, 6.07) is 7.82. The largest absolute Gasteiger partial charge is 0.396 e. The summed E-state index contributed by atoms with van der Waals surface area (Å²) in [6.45, 7) is 0. The van der Waals surface area contributed by atoms with Crippen molar-refractivity contribution < 1.29 is 0 Å². The van der Waals surface area contributed by atoms with Crippen LogP contribution in [-0.2, 0) is 0 Å². The molecule has 0 saturated heterocycles. The van der Waals surface area contributed by atoms with Crippen LogP contribution < -0.4 is 5.73 Å². The lowest BCUT2D eigenvalue weighted by atomic mass is 10.2. The van der Waals surface area contributed by atoms with Gasteiger partial charge in [-0.15, -0.1) is 5.10 Å². The van der Waals surface area contributed by atoms with Crippen molar-refractivity contribution in [1.29, 1.82) is 0 Å². The second kappa shape index (κ2) is 3.81. The second-order valence-corrected chi connectivity index (χ2v) is 4.43. The highest BCUT2D eigenvalue weighted by Crippen LogP contribution is 2.28. The Balaban J connectivity index is 2.29. The smallest absolute Gasteiger partial charge is 0.183 e. The minimum atomic E-state index is 0.557. The SMILES string of the molecule is Nc1cnc2c(-c3ccccc3Br)nnn2c1. The fraction of sp³-hybridized carbons (Fsp3) is 0. The summed E-state index contributed by atoms with van der Waals surface area (Å²) in [4.78, 5) is 4.25. The fourth-order valence-electron chi connectivity index (χ4n) is 1.63. The van der Waals surface area contributed by atoms with Crippen molar-refractivity contribution >= 4 is 27.3 Å². The van der Waals surface area contributed by atoms with E-state index in [9.17, 15) is 0 Å². The first kappa shape index (κ1) is 10.2. The van der Waals surface area contributed by atoms with Crippen LogP contribution in [0.15, 0.2) is 41.1 Å². The quantitative estimate of drug-likeness (QED) is 0.745. The lowest BCUT2D eigenvalue weighted by molar-refractivity contribution is 0.849. The van der Waals surface area contributed by atoms with Gasteiger partial charge in [-0.25, -0.2) is 4.98 Å². The molecule has 5 nitrogen and oxygen atoms in total. The van der Waals surface area contributed by atoms with Crippen molar-refractivity contribution in [2.24, 2.45) is 0 Å². The summed E-state index contributed by atoms with van der Waals surface area (Å²) in [7, 11) is 0. The number of anilines is 1. The van der Waals surface area contributed by atoms with Crippen molar-refractivity contribution in [2.45, 2.75) is 0 Å². The lowest BCUT2D eigenvalue weighted by Crippen LogP contribution is -1.94. The first-order valence-corrected chi connectivity index (χ1v) is 5.76. The van der Waals surface area contributed by atoms with E-state index in [1.54, 1.807) is 16.9 Å². The van der Waals surface area contributed by atoms with Crippen molar-refractivity contribution in [2.75, 3.05) is 5.73 Å². The van der Waals surface area contributed by atoms with Crippen molar-refractivity contribution in [1.82, 2.24) is 19.8 Å². The molecule has 0 amide bonds. The van der Waals surface area contributed by atoms with Gasteiger partial charge in [0, 0.05) is 10.0 Å². The van der Waals surface area contributed by atoms with Crippen LogP contribution in [0, 0.1) is 0 Å². The van der Waals surface area contributed by atoms with Gasteiger partial charge in [0.05, 0.1) is 18.1 Å². The number of nitrogen functional groups attached to an aromatic ring is 1. The van der Waals surface area contributed by atoms with Gasteiger partial charge < -0.3 is 5.73 Å². The van der Waals surface area contributed by atoms with E-state index in [0.29, 0.717) is 11.3 Å². The second-order valence-electron chi connectivity index (χ2n) is 3.57. The maximum absolute atomic E-state index is 5.64. The van der Waals surface area contributed by atoms with Gasteiger partial charge in [-0.05, 0) is 6.07 Å². The molecule has 0 fully saturated rings. The standard InChI is InChI=1S/C11H8BrN5/c12-9-4-2-1-3-8(9)10-11-14-5-7(13)6-17(11)16-15-10/h1-6H,13H2. The van der Waals surface area contributed by atoms with E-state index in [2.05, 4.69) is 31.2 Å². The molecule has 84 valence electrons. The van der Waals surface area contributed by atoms with Crippen LogP contribution in [0.25, 0.3) is 16.9 Å². The highest BCUT2D eigenvalue weighted by Gasteiger charge is 2.12. The molecule has 0 radical (unpaired) electrons. The third-order valence-electron chi connectivity index (χ3n) is 2.41. The van der Waals surface area contributed by atoms with Crippen molar-refractivity contribution in [3.63, 3.8) is 0 Å². The van der Waals surface area contributed by atoms with Crippen LogP contribution >= 0.6 is 15.9 Å². The monoisotopic (exact) mass is 289 g/mol. The third-order valence-corrected chi connectivity index (χ3v) is 3.10. The molecule has 0 saturated carbocycles. The number of nitrogens with zero attached hydrogens (tertiary/aromatic N) is 4. The van der Waals surface area contributed by atoms with E-state index < -0.39 is 0 Å². The summed E-state index contributed by atoms with van der Waals surface area (Å²) in [5, 5.41) is 8.13. The molecule has 1 aromatic carbocycles. The molecule has 2 heterocycles. The molecule has 0 bridgehead atoms. The fourth-order valence-corrected chi connectivity index (χ4v) is 2.11. The summed E-state index contributed by atoms with van der Waals surface area (Å²) < 4.78 is 2.53. The molecule has 0 aliphatic rings. The molecule has 0 unspecified atom stereocenters. The number of hydrogen-bond acceptors (Lipinski definition) is 4. The van der Waals surface area contributed by atoms with Crippen LogP contribution in [0.2, 0.25) is 0 Å². The topological polar surface area (TPSA) is 69.1 Å². The normalized spacial score (nSPS) is 10.9. The molecule has 0 atom stereocenters. The van der Waals surface area contributed by atoms with Gasteiger partial charge in [0.1, 0.15) is 5.69 Å². The van der Waals surface area contributed by atoms with Gasteiger partial charge in [0.25, 0.3) is 0 Å².